The lowest BCUT2D eigenvalue weighted by Crippen LogP contribution is -2.34. The maximum atomic E-state index is 12.9. The zero-order chi connectivity index (χ0) is 13.7. The molecule has 0 aromatic heterocycles. The molecule has 18 heavy (non-hydrogen) atoms. The van der Waals surface area contributed by atoms with Gasteiger partial charge in [0.25, 0.3) is 5.91 Å². The van der Waals surface area contributed by atoms with Crippen LogP contribution in [0.15, 0.2) is 12.1 Å². The second-order valence-electron chi connectivity index (χ2n) is 3.57. The minimum Gasteiger partial charge on any atom is -0.389 e. The van der Waals surface area contributed by atoms with Crippen molar-refractivity contribution in [1.29, 1.82) is 0 Å². The van der Waals surface area contributed by atoms with E-state index < -0.39 is 29.5 Å². The summed E-state index contributed by atoms with van der Waals surface area (Å²) in [5.41, 5.74) is -0.365. The number of carbonyl (C=O) groups is 1. The van der Waals surface area contributed by atoms with Crippen LogP contribution in [-0.4, -0.2) is 37.4 Å². The van der Waals surface area contributed by atoms with Crippen LogP contribution in [0.2, 0.25) is 0 Å². The molecular weight excluding hydrogens is 251 g/mol. The Morgan fingerprint density at radius 3 is 2.44 bits per heavy atom. The van der Waals surface area contributed by atoms with Gasteiger partial charge in [0.2, 0.25) is 0 Å². The highest BCUT2D eigenvalue weighted by atomic mass is 19.2. The summed E-state index contributed by atoms with van der Waals surface area (Å²) in [6.07, 6.45) is -0.936. The van der Waals surface area contributed by atoms with Crippen LogP contribution in [0.5, 0.6) is 0 Å². The van der Waals surface area contributed by atoms with E-state index >= 15 is 0 Å². The van der Waals surface area contributed by atoms with Crippen molar-refractivity contribution in [2.45, 2.75) is 6.10 Å². The first-order valence-corrected chi connectivity index (χ1v) is 5.05. The zero-order valence-corrected chi connectivity index (χ0v) is 9.54. The Labute approximate surface area is 101 Å². The topological polar surface area (TPSA) is 58.6 Å². The third-order valence-corrected chi connectivity index (χ3v) is 2.10. The van der Waals surface area contributed by atoms with Crippen molar-refractivity contribution in [3.8, 4) is 0 Å². The van der Waals surface area contributed by atoms with Gasteiger partial charge in [0.15, 0.2) is 17.5 Å². The third-order valence-electron chi connectivity index (χ3n) is 2.10. The highest BCUT2D eigenvalue weighted by molar-refractivity contribution is 5.94. The minimum atomic E-state index is -1.63. The molecule has 2 N–H and O–H groups in total. The van der Waals surface area contributed by atoms with Gasteiger partial charge in [0, 0.05) is 19.2 Å². The van der Waals surface area contributed by atoms with E-state index in [2.05, 4.69) is 10.1 Å². The molecule has 0 radical (unpaired) electrons. The fourth-order valence-electron chi connectivity index (χ4n) is 1.25. The number of amides is 1. The van der Waals surface area contributed by atoms with Crippen LogP contribution in [0.4, 0.5) is 13.2 Å². The minimum absolute atomic E-state index is 0.00637. The molecule has 1 rings (SSSR count). The summed E-state index contributed by atoms with van der Waals surface area (Å²) in [7, 11) is 1.37. The van der Waals surface area contributed by atoms with E-state index in [1.54, 1.807) is 0 Å². The molecule has 0 saturated carbocycles. The molecule has 0 spiro atoms. The van der Waals surface area contributed by atoms with E-state index in [0.29, 0.717) is 12.1 Å². The number of aliphatic hydroxyl groups excluding tert-OH is 1. The molecule has 0 aliphatic carbocycles. The van der Waals surface area contributed by atoms with E-state index in [0.717, 1.165) is 0 Å². The molecule has 4 nitrogen and oxygen atoms in total. The Hall–Kier alpha value is -1.60. The Kier molecular flexibility index (Phi) is 5.11. The van der Waals surface area contributed by atoms with Gasteiger partial charge in [0.05, 0.1) is 12.7 Å². The number of nitrogens with one attached hydrogen (secondary N) is 1. The van der Waals surface area contributed by atoms with Crippen molar-refractivity contribution >= 4 is 5.91 Å². The quantitative estimate of drug-likeness (QED) is 0.774. The molecule has 1 unspecified atom stereocenters. The lowest BCUT2D eigenvalue weighted by atomic mass is 10.2. The lowest BCUT2D eigenvalue weighted by molar-refractivity contribution is 0.0609. The molecule has 0 heterocycles. The van der Waals surface area contributed by atoms with Crippen molar-refractivity contribution in [2.24, 2.45) is 0 Å². The Morgan fingerprint density at radius 2 is 1.94 bits per heavy atom. The number of aliphatic hydroxyl groups is 1. The molecule has 1 amide bonds. The van der Waals surface area contributed by atoms with Gasteiger partial charge >= 0.3 is 0 Å². The van der Waals surface area contributed by atoms with Gasteiger partial charge in [-0.1, -0.05) is 0 Å². The van der Waals surface area contributed by atoms with Gasteiger partial charge in [-0.25, -0.2) is 13.2 Å². The largest absolute Gasteiger partial charge is 0.389 e. The molecule has 1 aromatic rings. The number of rotatable bonds is 5. The van der Waals surface area contributed by atoms with E-state index in [-0.39, 0.29) is 18.7 Å². The smallest absolute Gasteiger partial charge is 0.251 e. The number of carbonyl (C=O) groups excluding carboxylic acids is 1. The fourth-order valence-corrected chi connectivity index (χ4v) is 1.25. The van der Waals surface area contributed by atoms with Crippen LogP contribution < -0.4 is 5.32 Å². The second-order valence-corrected chi connectivity index (χ2v) is 3.57. The summed E-state index contributed by atoms with van der Waals surface area (Å²) in [4.78, 5) is 11.5. The Bertz CT molecular complexity index is 417. The van der Waals surface area contributed by atoms with Crippen LogP contribution in [-0.2, 0) is 4.74 Å². The van der Waals surface area contributed by atoms with Crippen molar-refractivity contribution in [1.82, 2.24) is 5.32 Å². The first-order valence-electron chi connectivity index (χ1n) is 5.05. The standard InChI is InChI=1S/C11H12F3NO3/c1-18-5-7(16)4-15-11(17)6-2-8(12)10(14)9(13)3-6/h2-3,7,16H,4-5H2,1H3,(H,15,17). The van der Waals surface area contributed by atoms with E-state index in [1.165, 1.54) is 7.11 Å². The number of benzene rings is 1. The molecule has 0 aliphatic heterocycles. The summed E-state index contributed by atoms with van der Waals surface area (Å²) >= 11 is 0. The highest BCUT2D eigenvalue weighted by Gasteiger charge is 2.15. The second kappa shape index (κ2) is 6.36. The molecule has 1 aromatic carbocycles. The maximum absolute atomic E-state index is 12.9. The maximum Gasteiger partial charge on any atom is 0.251 e. The van der Waals surface area contributed by atoms with Crippen LogP contribution >= 0.6 is 0 Å². The van der Waals surface area contributed by atoms with Gasteiger partial charge in [-0.3, -0.25) is 4.79 Å². The van der Waals surface area contributed by atoms with Crippen LogP contribution in [0, 0.1) is 17.5 Å². The Morgan fingerprint density at radius 1 is 1.39 bits per heavy atom. The van der Waals surface area contributed by atoms with Gasteiger partial charge < -0.3 is 15.2 Å². The summed E-state index contributed by atoms with van der Waals surface area (Å²) < 4.78 is 43.0. The predicted octanol–water partition coefficient (Wildman–Crippen LogP) is 0.841. The van der Waals surface area contributed by atoms with E-state index in [9.17, 15) is 23.1 Å². The van der Waals surface area contributed by atoms with E-state index in [4.69, 9.17) is 0 Å². The molecular formula is C11H12F3NO3. The average Bonchev–Trinajstić information content (AvgIpc) is 2.32. The van der Waals surface area contributed by atoms with Crippen molar-refractivity contribution in [3.05, 3.63) is 35.1 Å². The van der Waals surface area contributed by atoms with Crippen molar-refractivity contribution in [3.63, 3.8) is 0 Å². The number of ether oxygens (including phenoxy) is 1. The molecule has 100 valence electrons. The number of halogens is 3. The number of hydrogen-bond acceptors (Lipinski definition) is 3. The zero-order valence-electron chi connectivity index (χ0n) is 9.54. The van der Waals surface area contributed by atoms with Crippen LogP contribution in [0.25, 0.3) is 0 Å². The molecule has 7 heteroatoms. The van der Waals surface area contributed by atoms with Crippen molar-refractivity contribution < 1.29 is 27.8 Å². The first kappa shape index (κ1) is 14.5. The fraction of sp³-hybridized carbons (Fsp3) is 0.364. The lowest BCUT2D eigenvalue weighted by Gasteiger charge is -2.11. The molecule has 0 fully saturated rings. The molecule has 0 aliphatic rings. The highest BCUT2D eigenvalue weighted by Crippen LogP contribution is 2.13. The van der Waals surface area contributed by atoms with Gasteiger partial charge in [-0.15, -0.1) is 0 Å². The molecule has 0 saturated heterocycles. The summed E-state index contributed by atoms with van der Waals surface area (Å²) in [5.74, 6) is -5.34. The Balaban J connectivity index is 2.67. The molecule has 0 bridgehead atoms. The summed E-state index contributed by atoms with van der Waals surface area (Å²) in [6, 6.07) is 1.16. The normalized spacial score (nSPS) is 12.3. The van der Waals surface area contributed by atoms with Crippen LogP contribution in [0.1, 0.15) is 10.4 Å². The van der Waals surface area contributed by atoms with Gasteiger partial charge in [-0.2, -0.15) is 0 Å². The third kappa shape index (κ3) is 3.71. The van der Waals surface area contributed by atoms with E-state index in [1.807, 2.05) is 0 Å². The molecule has 1 atom stereocenters. The predicted molar refractivity (Wildman–Crippen MR) is 56.5 cm³/mol. The summed E-state index contributed by atoms with van der Waals surface area (Å²) in [5, 5.41) is 11.5. The summed E-state index contributed by atoms with van der Waals surface area (Å²) in [6.45, 7) is -0.139. The first-order chi connectivity index (χ1) is 8.45. The van der Waals surface area contributed by atoms with Crippen LogP contribution in [0.3, 0.4) is 0 Å². The van der Waals surface area contributed by atoms with Gasteiger partial charge in [0.1, 0.15) is 0 Å². The number of hydrogen-bond donors (Lipinski definition) is 2. The average molecular weight is 263 g/mol. The monoisotopic (exact) mass is 263 g/mol. The van der Waals surface area contributed by atoms with Gasteiger partial charge in [-0.05, 0) is 12.1 Å². The SMILES string of the molecule is COCC(O)CNC(=O)c1cc(F)c(F)c(F)c1. The van der Waals surface area contributed by atoms with Crippen molar-refractivity contribution in [2.75, 3.05) is 20.3 Å². The number of methoxy groups -OCH3 is 1.